The van der Waals surface area contributed by atoms with Crippen LogP contribution in [0.15, 0.2) is 0 Å². The highest BCUT2D eigenvalue weighted by molar-refractivity contribution is 5.79. The van der Waals surface area contributed by atoms with Crippen LogP contribution in [0.4, 0.5) is 0 Å². The third-order valence-corrected chi connectivity index (χ3v) is 6.56. The van der Waals surface area contributed by atoms with E-state index in [-0.39, 0.29) is 12.2 Å². The molecule has 0 amide bonds. The van der Waals surface area contributed by atoms with E-state index in [1.54, 1.807) is 0 Å². The minimum Gasteiger partial charge on any atom is -0.394 e. The van der Waals surface area contributed by atoms with Gasteiger partial charge in [-0.15, -0.1) is 0 Å². The van der Waals surface area contributed by atoms with E-state index < -0.39 is 43.2 Å². The molecule has 1 saturated heterocycles. The molecule has 0 aliphatic carbocycles. The average molecular weight is 461 g/mol. The van der Waals surface area contributed by atoms with Crippen LogP contribution in [-0.2, 0) is 9.53 Å². The van der Waals surface area contributed by atoms with E-state index in [4.69, 9.17) is 4.74 Å². The van der Waals surface area contributed by atoms with Crippen LogP contribution in [-0.4, -0.2) is 68.1 Å². The first-order valence-electron chi connectivity index (χ1n) is 12.9. The molecular weight excluding hydrogens is 412 g/mol. The first-order chi connectivity index (χ1) is 15.4. The Morgan fingerprint density at radius 2 is 1.19 bits per heavy atom. The molecule has 0 aromatic carbocycles. The highest BCUT2D eigenvalue weighted by Crippen LogP contribution is 2.31. The molecule has 0 saturated carbocycles. The maximum Gasteiger partial charge on any atom is 0.202 e. The van der Waals surface area contributed by atoms with Crippen LogP contribution >= 0.6 is 0 Å². The van der Waals surface area contributed by atoms with Crippen molar-refractivity contribution in [2.45, 2.75) is 146 Å². The highest BCUT2D eigenvalue weighted by Gasteiger charge is 2.53. The summed E-state index contributed by atoms with van der Waals surface area (Å²) in [6.45, 7) is 1.61. The molecule has 0 bridgehead atoms. The maximum absolute atomic E-state index is 12.2. The predicted octanol–water partition coefficient (Wildman–Crippen LogP) is 3.37. The molecule has 0 radical (unpaired) electrons. The Kier molecular flexibility index (Phi) is 15.6. The lowest BCUT2D eigenvalue weighted by atomic mass is 9.89. The van der Waals surface area contributed by atoms with Crippen LogP contribution in [0.3, 0.4) is 0 Å². The molecule has 7 heteroatoms. The van der Waals surface area contributed by atoms with Crippen molar-refractivity contribution >= 4 is 5.78 Å². The van der Waals surface area contributed by atoms with E-state index in [0.717, 1.165) is 12.8 Å². The summed E-state index contributed by atoms with van der Waals surface area (Å²) in [5, 5.41) is 49.3. The summed E-state index contributed by atoms with van der Waals surface area (Å²) in [4.78, 5) is 12.2. The number of hydrogen-bond acceptors (Lipinski definition) is 7. The number of rotatable bonds is 19. The van der Waals surface area contributed by atoms with E-state index in [2.05, 4.69) is 6.92 Å². The third-order valence-electron chi connectivity index (χ3n) is 6.56. The van der Waals surface area contributed by atoms with Crippen LogP contribution in [0.25, 0.3) is 0 Å². The SMILES string of the molecule is CCCCCCCCCCCCCCCCCC(=O)C[C@@]1(O)O[C@H](CO)[C@@H](O)[C@H](O)[C@@H]1O. The van der Waals surface area contributed by atoms with E-state index in [1.165, 1.54) is 77.0 Å². The number of aliphatic hydroxyl groups excluding tert-OH is 4. The zero-order valence-corrected chi connectivity index (χ0v) is 20.1. The topological polar surface area (TPSA) is 127 Å². The molecular formula is C25H48O7. The Balaban J connectivity index is 2.03. The summed E-state index contributed by atoms with van der Waals surface area (Å²) in [5.41, 5.74) is 0. The number of ketones is 1. The molecule has 1 fully saturated rings. The zero-order chi connectivity index (χ0) is 23.8. The van der Waals surface area contributed by atoms with Gasteiger partial charge in [-0.25, -0.2) is 0 Å². The summed E-state index contributed by atoms with van der Waals surface area (Å²) < 4.78 is 5.14. The average Bonchev–Trinajstić information content (AvgIpc) is 2.77. The van der Waals surface area contributed by atoms with Gasteiger partial charge in [0.1, 0.15) is 30.2 Å². The van der Waals surface area contributed by atoms with Gasteiger partial charge in [-0.2, -0.15) is 0 Å². The van der Waals surface area contributed by atoms with Crippen molar-refractivity contribution in [2.24, 2.45) is 0 Å². The summed E-state index contributed by atoms with van der Waals surface area (Å²) in [6.07, 6.45) is 12.1. The summed E-state index contributed by atoms with van der Waals surface area (Å²) in [7, 11) is 0. The first kappa shape index (κ1) is 29.5. The number of carbonyl (C=O) groups is 1. The van der Waals surface area contributed by atoms with Crippen molar-refractivity contribution in [3.63, 3.8) is 0 Å². The van der Waals surface area contributed by atoms with E-state index in [9.17, 15) is 30.3 Å². The van der Waals surface area contributed by atoms with Crippen molar-refractivity contribution in [2.75, 3.05) is 6.61 Å². The quantitative estimate of drug-likeness (QED) is 0.187. The fourth-order valence-electron chi connectivity index (χ4n) is 4.43. The van der Waals surface area contributed by atoms with Crippen LogP contribution in [0, 0.1) is 0 Å². The molecule has 190 valence electrons. The molecule has 0 aromatic heterocycles. The fourth-order valence-corrected chi connectivity index (χ4v) is 4.43. The van der Waals surface area contributed by atoms with Gasteiger partial charge < -0.3 is 30.3 Å². The standard InChI is InChI=1S/C25H48O7/c1-2-3-4-5-6-7-8-9-10-11-12-13-14-15-16-17-20(27)18-25(31)24(30)23(29)22(28)21(19-26)32-25/h21-24,26,28-31H,2-19H2,1H3/t21-,22-,23+,24+,25-/m1/s1. The second-order valence-corrected chi connectivity index (χ2v) is 9.52. The van der Waals surface area contributed by atoms with E-state index >= 15 is 0 Å². The lowest BCUT2D eigenvalue weighted by Gasteiger charge is -2.45. The monoisotopic (exact) mass is 460 g/mol. The molecule has 0 unspecified atom stereocenters. The first-order valence-corrected chi connectivity index (χ1v) is 12.9. The summed E-state index contributed by atoms with van der Waals surface area (Å²) >= 11 is 0. The molecule has 7 nitrogen and oxygen atoms in total. The highest BCUT2D eigenvalue weighted by atomic mass is 16.7. The molecule has 1 aliphatic heterocycles. The van der Waals surface area contributed by atoms with Gasteiger partial charge in [0, 0.05) is 6.42 Å². The van der Waals surface area contributed by atoms with Gasteiger partial charge in [0.2, 0.25) is 5.79 Å². The molecule has 1 rings (SSSR count). The van der Waals surface area contributed by atoms with Gasteiger partial charge in [0.15, 0.2) is 0 Å². The number of unbranched alkanes of at least 4 members (excludes halogenated alkanes) is 14. The number of Topliss-reactive ketones (excluding diaryl/α,β-unsaturated/α-hetero) is 1. The number of carbonyl (C=O) groups excluding carboxylic acids is 1. The van der Waals surface area contributed by atoms with Crippen LogP contribution < -0.4 is 0 Å². The second kappa shape index (κ2) is 17.0. The van der Waals surface area contributed by atoms with Gasteiger partial charge in [-0.3, -0.25) is 4.79 Å². The third kappa shape index (κ3) is 11.0. The Morgan fingerprint density at radius 3 is 1.62 bits per heavy atom. The van der Waals surface area contributed by atoms with Crippen LogP contribution in [0.5, 0.6) is 0 Å². The van der Waals surface area contributed by atoms with Crippen molar-refractivity contribution < 1.29 is 35.1 Å². The van der Waals surface area contributed by atoms with Gasteiger partial charge in [0.05, 0.1) is 13.0 Å². The van der Waals surface area contributed by atoms with Gasteiger partial charge >= 0.3 is 0 Å². The maximum atomic E-state index is 12.2. The number of hydrogen-bond donors (Lipinski definition) is 5. The van der Waals surface area contributed by atoms with Crippen molar-refractivity contribution in [3.8, 4) is 0 Å². The number of aliphatic hydroxyl groups is 5. The molecule has 1 aliphatic rings. The largest absolute Gasteiger partial charge is 0.394 e. The lowest BCUT2D eigenvalue weighted by molar-refractivity contribution is -0.347. The van der Waals surface area contributed by atoms with Gasteiger partial charge in [-0.1, -0.05) is 96.8 Å². The molecule has 1 heterocycles. The van der Waals surface area contributed by atoms with E-state index in [0.29, 0.717) is 6.42 Å². The molecule has 32 heavy (non-hydrogen) atoms. The van der Waals surface area contributed by atoms with Crippen LogP contribution in [0.1, 0.15) is 116 Å². The van der Waals surface area contributed by atoms with Crippen LogP contribution in [0.2, 0.25) is 0 Å². The Bertz CT molecular complexity index is 485. The van der Waals surface area contributed by atoms with Crippen molar-refractivity contribution in [1.29, 1.82) is 0 Å². The zero-order valence-electron chi connectivity index (χ0n) is 20.1. The smallest absolute Gasteiger partial charge is 0.202 e. The molecule has 5 N–H and O–H groups in total. The fraction of sp³-hybridized carbons (Fsp3) is 0.960. The predicted molar refractivity (Wildman–Crippen MR) is 124 cm³/mol. The molecule has 0 spiro atoms. The number of ether oxygens (including phenoxy) is 1. The Labute approximate surface area is 194 Å². The Hall–Kier alpha value is -0.570. The molecule has 5 atom stereocenters. The lowest BCUT2D eigenvalue weighted by Crippen LogP contribution is -2.65. The van der Waals surface area contributed by atoms with Crippen molar-refractivity contribution in [3.05, 3.63) is 0 Å². The Morgan fingerprint density at radius 1 is 0.750 bits per heavy atom. The second-order valence-electron chi connectivity index (χ2n) is 9.52. The van der Waals surface area contributed by atoms with Gasteiger partial charge in [0.25, 0.3) is 0 Å². The van der Waals surface area contributed by atoms with E-state index in [1.807, 2.05) is 0 Å². The summed E-state index contributed by atoms with van der Waals surface area (Å²) in [6, 6.07) is 0. The minimum absolute atomic E-state index is 0.263. The molecule has 0 aromatic rings. The normalized spacial score (nSPS) is 28.2. The van der Waals surface area contributed by atoms with Crippen molar-refractivity contribution in [1.82, 2.24) is 0 Å². The summed E-state index contributed by atoms with van der Waals surface area (Å²) in [5.74, 6) is -2.57. The van der Waals surface area contributed by atoms with Gasteiger partial charge in [-0.05, 0) is 6.42 Å². The minimum atomic E-state index is -2.29.